The number of alkyl halides is 1. The second-order valence-electron chi connectivity index (χ2n) is 6.59. The minimum Gasteiger partial charge on any atom is -0.489 e. The average Bonchev–Trinajstić information content (AvgIpc) is 2.76. The van der Waals surface area contributed by atoms with Crippen LogP contribution in [0.2, 0.25) is 0 Å². The summed E-state index contributed by atoms with van der Waals surface area (Å²) in [5, 5.41) is 2.35. The van der Waals surface area contributed by atoms with Crippen molar-refractivity contribution < 1.29 is 23.5 Å². The van der Waals surface area contributed by atoms with Crippen molar-refractivity contribution in [3.8, 4) is 5.75 Å². The molecule has 0 spiro atoms. The van der Waals surface area contributed by atoms with Crippen LogP contribution in [0.3, 0.4) is 0 Å². The number of nitrogens with zero attached hydrogens (tertiary/aromatic N) is 1. The van der Waals surface area contributed by atoms with E-state index in [1.54, 1.807) is 30.3 Å². The topological polar surface area (TPSA) is 77.5 Å². The van der Waals surface area contributed by atoms with E-state index in [4.69, 9.17) is 9.47 Å². The van der Waals surface area contributed by atoms with Gasteiger partial charge in [0.25, 0.3) is 5.91 Å². The van der Waals surface area contributed by atoms with Gasteiger partial charge in [-0.1, -0.05) is 50.6 Å². The van der Waals surface area contributed by atoms with E-state index in [-0.39, 0.29) is 18.4 Å². The van der Waals surface area contributed by atoms with Gasteiger partial charge >= 0.3 is 5.97 Å². The Bertz CT molecular complexity index is 768. The summed E-state index contributed by atoms with van der Waals surface area (Å²) in [5.74, 6) is -1.02. The molecule has 1 N–H and O–H groups in total. The lowest BCUT2D eigenvalue weighted by Crippen LogP contribution is -2.35. The number of hydrogen-bond acceptors (Lipinski definition) is 5. The van der Waals surface area contributed by atoms with Gasteiger partial charge in [-0.15, -0.1) is 0 Å². The minimum absolute atomic E-state index is 0.0200. The molecule has 2 rings (SSSR count). The maximum Gasteiger partial charge on any atom is 0.342 e. The molecule has 0 saturated carbocycles. The van der Waals surface area contributed by atoms with E-state index in [1.165, 1.54) is 12.3 Å². The van der Waals surface area contributed by atoms with Crippen molar-refractivity contribution >= 4 is 11.9 Å². The zero-order chi connectivity index (χ0) is 21.1. The zero-order valence-corrected chi connectivity index (χ0v) is 16.8. The molecule has 29 heavy (non-hydrogen) atoms. The smallest absolute Gasteiger partial charge is 0.342 e. The van der Waals surface area contributed by atoms with Crippen molar-refractivity contribution in [3.63, 3.8) is 0 Å². The van der Waals surface area contributed by atoms with E-state index in [9.17, 15) is 14.0 Å². The molecule has 2 atom stereocenters. The molecule has 1 heterocycles. The van der Waals surface area contributed by atoms with Crippen molar-refractivity contribution in [2.45, 2.75) is 52.0 Å². The highest BCUT2D eigenvalue weighted by molar-refractivity contribution is 5.92. The SMILES string of the molecule is CCC[C@H](CC)Oc1ccc(C(=O)NCC(F)C(=O)OCc2ccccc2)nc1. The third-order valence-electron chi connectivity index (χ3n) is 4.26. The summed E-state index contributed by atoms with van der Waals surface area (Å²) in [6.07, 6.45) is 2.46. The standard InChI is InChI=1S/C22H27FN2O4/c1-3-8-17(4-2)29-18-11-12-20(24-13-18)21(26)25-14-19(23)22(27)28-15-16-9-6-5-7-10-16/h5-7,9-13,17,19H,3-4,8,14-15H2,1-2H3,(H,25,26)/t17-,19?/m0/s1. The molecule has 1 amide bonds. The van der Waals surface area contributed by atoms with Crippen LogP contribution in [0.15, 0.2) is 48.7 Å². The van der Waals surface area contributed by atoms with E-state index in [1.807, 2.05) is 13.0 Å². The molecule has 1 aromatic heterocycles. The third kappa shape index (κ3) is 7.52. The lowest BCUT2D eigenvalue weighted by Gasteiger charge is -2.16. The van der Waals surface area contributed by atoms with Crippen LogP contribution in [0.5, 0.6) is 5.75 Å². The van der Waals surface area contributed by atoms with Crippen LogP contribution in [0.4, 0.5) is 4.39 Å². The fourth-order valence-electron chi connectivity index (χ4n) is 2.62. The molecule has 0 aliphatic carbocycles. The van der Waals surface area contributed by atoms with Crippen LogP contribution < -0.4 is 10.1 Å². The predicted octanol–water partition coefficient (Wildman–Crippen LogP) is 3.85. The number of hydrogen-bond donors (Lipinski definition) is 1. The first-order chi connectivity index (χ1) is 14.0. The maximum atomic E-state index is 14.0. The molecule has 0 aliphatic heterocycles. The Morgan fingerprint density at radius 3 is 2.52 bits per heavy atom. The van der Waals surface area contributed by atoms with Crippen LogP contribution >= 0.6 is 0 Å². The van der Waals surface area contributed by atoms with Gasteiger partial charge in [0.1, 0.15) is 18.1 Å². The number of benzene rings is 1. The number of carbonyl (C=O) groups excluding carboxylic acids is 2. The lowest BCUT2D eigenvalue weighted by molar-refractivity contribution is -0.150. The van der Waals surface area contributed by atoms with Gasteiger partial charge in [-0.3, -0.25) is 4.79 Å². The average molecular weight is 402 g/mol. The van der Waals surface area contributed by atoms with Crippen molar-refractivity contribution in [2.75, 3.05) is 6.54 Å². The summed E-state index contributed by atoms with van der Waals surface area (Å²) in [4.78, 5) is 27.9. The van der Waals surface area contributed by atoms with Gasteiger partial charge < -0.3 is 14.8 Å². The van der Waals surface area contributed by atoms with Crippen LogP contribution in [-0.2, 0) is 16.1 Å². The van der Waals surface area contributed by atoms with Crippen LogP contribution in [0.25, 0.3) is 0 Å². The molecule has 0 fully saturated rings. The van der Waals surface area contributed by atoms with E-state index >= 15 is 0 Å². The molecule has 0 radical (unpaired) electrons. The fraction of sp³-hybridized carbons (Fsp3) is 0.409. The quantitative estimate of drug-likeness (QED) is 0.578. The molecular weight excluding hydrogens is 375 g/mol. The Balaban J connectivity index is 1.78. The molecule has 1 unspecified atom stereocenters. The first-order valence-corrected chi connectivity index (χ1v) is 9.79. The van der Waals surface area contributed by atoms with Crippen LogP contribution in [-0.4, -0.2) is 35.7 Å². The minimum atomic E-state index is -1.95. The Kier molecular flexibility index (Phi) is 9.08. The van der Waals surface area contributed by atoms with Gasteiger partial charge in [0.15, 0.2) is 0 Å². The fourth-order valence-corrected chi connectivity index (χ4v) is 2.62. The summed E-state index contributed by atoms with van der Waals surface area (Å²) in [6, 6.07) is 12.1. The third-order valence-corrected chi connectivity index (χ3v) is 4.26. The van der Waals surface area contributed by atoms with Crippen molar-refractivity contribution in [1.82, 2.24) is 10.3 Å². The first-order valence-electron chi connectivity index (χ1n) is 9.79. The number of aromatic nitrogens is 1. The Morgan fingerprint density at radius 1 is 1.14 bits per heavy atom. The van der Waals surface area contributed by atoms with Crippen molar-refractivity contribution in [3.05, 3.63) is 59.9 Å². The number of amides is 1. The first kappa shape index (κ1) is 22.3. The van der Waals surface area contributed by atoms with E-state index in [0.717, 1.165) is 24.8 Å². The lowest BCUT2D eigenvalue weighted by atomic mass is 10.1. The molecule has 2 aromatic rings. The molecule has 6 nitrogen and oxygen atoms in total. The number of nitrogens with one attached hydrogen (secondary N) is 1. The summed E-state index contributed by atoms with van der Waals surface area (Å²) in [7, 11) is 0. The highest BCUT2D eigenvalue weighted by Gasteiger charge is 2.20. The number of pyridine rings is 1. The van der Waals surface area contributed by atoms with Gasteiger partial charge in [-0.2, -0.15) is 0 Å². The molecule has 0 aliphatic rings. The van der Waals surface area contributed by atoms with Gasteiger partial charge in [-0.25, -0.2) is 14.2 Å². The molecule has 0 saturated heterocycles. The van der Waals surface area contributed by atoms with Gasteiger partial charge in [-0.05, 0) is 30.5 Å². The van der Waals surface area contributed by atoms with E-state index < -0.39 is 24.6 Å². The summed E-state index contributed by atoms with van der Waals surface area (Å²) >= 11 is 0. The molecular formula is C22H27FN2O4. The summed E-state index contributed by atoms with van der Waals surface area (Å²) in [5.41, 5.74) is 0.874. The number of carbonyl (C=O) groups is 2. The van der Waals surface area contributed by atoms with Crippen LogP contribution in [0.1, 0.15) is 49.2 Å². The van der Waals surface area contributed by atoms with E-state index in [0.29, 0.717) is 5.75 Å². The van der Waals surface area contributed by atoms with Crippen molar-refractivity contribution in [1.29, 1.82) is 0 Å². The summed E-state index contributed by atoms with van der Waals surface area (Å²) in [6.45, 7) is 3.63. The normalized spacial score (nSPS) is 12.7. The second-order valence-corrected chi connectivity index (χ2v) is 6.59. The van der Waals surface area contributed by atoms with E-state index in [2.05, 4.69) is 17.2 Å². The molecule has 0 bridgehead atoms. The molecule has 156 valence electrons. The molecule has 7 heteroatoms. The van der Waals surface area contributed by atoms with Gasteiger partial charge in [0, 0.05) is 0 Å². The van der Waals surface area contributed by atoms with Gasteiger partial charge in [0.05, 0.1) is 18.8 Å². The molecule has 1 aromatic carbocycles. The number of ether oxygens (including phenoxy) is 2. The number of halogens is 1. The Labute approximate surface area is 170 Å². The Morgan fingerprint density at radius 2 is 1.90 bits per heavy atom. The Hall–Kier alpha value is -2.96. The maximum absolute atomic E-state index is 14.0. The zero-order valence-electron chi connectivity index (χ0n) is 16.8. The number of esters is 1. The largest absolute Gasteiger partial charge is 0.489 e. The second kappa shape index (κ2) is 11.8. The van der Waals surface area contributed by atoms with Crippen LogP contribution in [0, 0.1) is 0 Å². The highest BCUT2D eigenvalue weighted by Crippen LogP contribution is 2.15. The number of rotatable bonds is 11. The van der Waals surface area contributed by atoms with Gasteiger partial charge in [0.2, 0.25) is 6.17 Å². The summed E-state index contributed by atoms with van der Waals surface area (Å²) < 4.78 is 24.7. The predicted molar refractivity (Wildman–Crippen MR) is 107 cm³/mol. The van der Waals surface area contributed by atoms with Crippen molar-refractivity contribution in [2.24, 2.45) is 0 Å². The highest BCUT2D eigenvalue weighted by atomic mass is 19.1. The monoisotopic (exact) mass is 402 g/mol.